The van der Waals surface area contributed by atoms with Crippen molar-refractivity contribution in [1.82, 2.24) is 0 Å². The third-order valence-corrected chi connectivity index (χ3v) is 17.2. The molecule has 1 aromatic carbocycles. The molecule has 2 saturated carbocycles. The quantitative estimate of drug-likeness (QED) is 0.147. The van der Waals surface area contributed by atoms with Gasteiger partial charge in [0.1, 0.15) is 30.0 Å². The van der Waals surface area contributed by atoms with Gasteiger partial charge < -0.3 is 38.7 Å². The van der Waals surface area contributed by atoms with Gasteiger partial charge in [-0.15, -0.1) is 0 Å². The predicted molar refractivity (Wildman–Crippen MR) is 182 cm³/mol. The molecule has 5 rings (SSSR count). The summed E-state index contributed by atoms with van der Waals surface area (Å²) in [6.45, 7) is 14.5. The van der Waals surface area contributed by atoms with Gasteiger partial charge in [0.05, 0.1) is 29.6 Å². The molecule has 0 unspecified atom stereocenters. The number of aliphatic hydroxyl groups excluding tert-OH is 2. The Morgan fingerprint density at radius 2 is 1.56 bits per heavy atom. The van der Waals surface area contributed by atoms with E-state index in [1.54, 1.807) is 39.0 Å². The topological polar surface area (TPSA) is 175 Å². The van der Waals surface area contributed by atoms with E-state index in [4.69, 9.17) is 23.4 Å². The zero-order chi connectivity index (χ0) is 37.2. The molecule has 0 aromatic heterocycles. The van der Waals surface area contributed by atoms with Gasteiger partial charge in [-0.2, -0.15) is 0 Å². The number of hydrogen-bond donors (Lipinski definition) is 3. The number of ether oxygens (including phenoxy) is 4. The first kappa shape index (κ1) is 38.3. The van der Waals surface area contributed by atoms with Crippen LogP contribution in [0.2, 0.25) is 18.1 Å². The highest BCUT2D eigenvalue weighted by Crippen LogP contribution is 2.65. The number of aliphatic hydroxyl groups is 3. The van der Waals surface area contributed by atoms with Gasteiger partial charge >= 0.3 is 17.9 Å². The third kappa shape index (κ3) is 5.42. The van der Waals surface area contributed by atoms with Crippen LogP contribution in [0.5, 0.6) is 0 Å². The van der Waals surface area contributed by atoms with Crippen molar-refractivity contribution in [1.29, 1.82) is 0 Å². The lowest BCUT2D eigenvalue weighted by atomic mass is 9.44. The molecule has 2 bridgehead atoms. The fourth-order valence-electron chi connectivity index (χ4n) is 9.49. The molecule has 4 aliphatic rings. The van der Waals surface area contributed by atoms with Crippen LogP contribution in [0.15, 0.2) is 41.5 Å². The van der Waals surface area contributed by atoms with Gasteiger partial charge in [-0.25, -0.2) is 4.79 Å². The molecule has 10 atom stereocenters. The molecule has 1 aliphatic heterocycles. The standard InChI is InChI=1S/C37H52O12Si/c1-10-50(11-2,12-3)49-24-18-25-36(19-45-25,48-22(6)39)29-32(47-33(43)23-16-14-13-15-17-23)37(44)30(41)27(40)20(4)26(34(37,7)8)28(46-21(5)38)31(42)35(24,29)9/h13-17,24-25,27-30,32,40-41,44H,10-12,18-19H2,1-9H3/t24-,25+,27+,28+,29-,30-,32-,35+,36-,37+/m0/s1. The summed E-state index contributed by atoms with van der Waals surface area (Å²) >= 11 is 0. The van der Waals surface area contributed by atoms with Crippen LogP contribution in [-0.4, -0.2) is 102 Å². The number of carbonyl (C=O) groups excluding carboxylic acids is 4. The van der Waals surface area contributed by atoms with Gasteiger partial charge in [0.15, 0.2) is 25.8 Å². The fraction of sp³-hybridized carbons (Fsp3) is 0.676. The zero-order valence-corrected chi connectivity index (χ0v) is 31.5. The number of carbonyl (C=O) groups is 4. The van der Waals surface area contributed by atoms with Crippen LogP contribution in [0.4, 0.5) is 0 Å². The number of fused-ring (bicyclic) bond motifs is 5. The molecular weight excluding hydrogens is 664 g/mol. The molecule has 0 radical (unpaired) electrons. The SMILES string of the molecule is CC[Si](CC)(CC)O[C@H]1C[C@H]2OC[C@@]2(OC(C)=O)[C@H]2[C@H](OC(=O)c3ccccc3)[C@]3(O)[C@@H](O)[C@H](O)C(C)=C([C@@H](OC(C)=O)C(=O)[C@]12C)C3(C)C. The van der Waals surface area contributed by atoms with Crippen LogP contribution in [0.3, 0.4) is 0 Å². The molecule has 3 fully saturated rings. The van der Waals surface area contributed by atoms with E-state index in [0.29, 0.717) is 0 Å². The lowest BCUT2D eigenvalue weighted by Gasteiger charge is -2.68. The third-order valence-electron chi connectivity index (χ3n) is 12.6. The van der Waals surface area contributed by atoms with Crippen LogP contribution < -0.4 is 0 Å². The number of ketones is 1. The lowest BCUT2D eigenvalue weighted by Crippen LogP contribution is -2.84. The van der Waals surface area contributed by atoms with Crippen molar-refractivity contribution < 1.29 is 57.9 Å². The highest BCUT2D eigenvalue weighted by atomic mass is 28.4. The maximum absolute atomic E-state index is 15.7. The Bertz CT molecular complexity index is 1550. The summed E-state index contributed by atoms with van der Waals surface area (Å²) in [6, 6.07) is 10.2. The second-order valence-corrected chi connectivity index (χ2v) is 19.9. The first-order valence-corrected chi connectivity index (χ1v) is 20.1. The molecule has 50 heavy (non-hydrogen) atoms. The molecule has 3 aliphatic carbocycles. The van der Waals surface area contributed by atoms with Crippen molar-refractivity contribution in [3.63, 3.8) is 0 Å². The van der Waals surface area contributed by atoms with Crippen LogP contribution >= 0.6 is 0 Å². The van der Waals surface area contributed by atoms with E-state index in [0.717, 1.165) is 25.1 Å². The molecule has 0 amide bonds. The fourth-order valence-corrected chi connectivity index (χ4v) is 12.4. The Balaban J connectivity index is 1.91. The van der Waals surface area contributed by atoms with E-state index in [1.165, 1.54) is 26.0 Å². The Morgan fingerprint density at radius 1 is 0.960 bits per heavy atom. The van der Waals surface area contributed by atoms with Crippen molar-refractivity contribution >= 4 is 32.0 Å². The first-order valence-electron chi connectivity index (χ1n) is 17.6. The smallest absolute Gasteiger partial charge is 0.338 e. The van der Waals surface area contributed by atoms with Crippen LogP contribution in [0.25, 0.3) is 0 Å². The monoisotopic (exact) mass is 716 g/mol. The summed E-state index contributed by atoms with van der Waals surface area (Å²) in [6.07, 6.45) is -8.86. The molecule has 3 N–H and O–H groups in total. The van der Waals surface area contributed by atoms with E-state index in [2.05, 4.69) is 0 Å². The predicted octanol–water partition coefficient (Wildman–Crippen LogP) is 3.65. The van der Waals surface area contributed by atoms with E-state index in [1.807, 2.05) is 20.8 Å². The largest absolute Gasteiger partial charge is 0.455 e. The van der Waals surface area contributed by atoms with Gasteiger partial charge in [-0.1, -0.05) is 52.8 Å². The summed E-state index contributed by atoms with van der Waals surface area (Å²) in [4.78, 5) is 55.6. The van der Waals surface area contributed by atoms with Crippen LogP contribution in [0, 0.1) is 16.7 Å². The van der Waals surface area contributed by atoms with Crippen LogP contribution in [-0.2, 0) is 37.8 Å². The molecule has 13 heteroatoms. The second kappa shape index (κ2) is 13.2. The van der Waals surface area contributed by atoms with Gasteiger partial charge in [0.2, 0.25) is 0 Å². The average Bonchev–Trinajstić information content (AvgIpc) is 3.07. The lowest BCUT2D eigenvalue weighted by molar-refractivity contribution is -0.351. The number of Topliss-reactive ketones (excluding diaryl/α,β-unsaturated/α-hetero) is 1. The van der Waals surface area contributed by atoms with Crippen molar-refractivity contribution in [2.24, 2.45) is 16.7 Å². The summed E-state index contributed by atoms with van der Waals surface area (Å²) in [7, 11) is -2.54. The normalized spacial score (nSPS) is 37.7. The Morgan fingerprint density at radius 3 is 2.06 bits per heavy atom. The van der Waals surface area contributed by atoms with Gasteiger partial charge in [0, 0.05) is 25.7 Å². The maximum Gasteiger partial charge on any atom is 0.338 e. The van der Waals surface area contributed by atoms with Gasteiger partial charge in [0.25, 0.3) is 0 Å². The number of hydrogen-bond acceptors (Lipinski definition) is 12. The first-order chi connectivity index (χ1) is 23.3. The highest BCUT2D eigenvalue weighted by molar-refractivity contribution is 6.73. The summed E-state index contributed by atoms with van der Waals surface area (Å²) in [5.74, 6) is -4.41. The molecular formula is C37H52O12Si. The minimum atomic E-state index is -2.55. The van der Waals surface area contributed by atoms with Crippen molar-refractivity contribution in [2.75, 3.05) is 6.61 Å². The zero-order valence-electron chi connectivity index (χ0n) is 30.5. The highest BCUT2D eigenvalue weighted by Gasteiger charge is 2.80. The molecule has 0 spiro atoms. The second-order valence-electron chi connectivity index (χ2n) is 15.2. The van der Waals surface area contributed by atoms with Gasteiger partial charge in [-0.3, -0.25) is 14.4 Å². The number of rotatable bonds is 9. The van der Waals surface area contributed by atoms with E-state index in [9.17, 15) is 29.7 Å². The Hall–Kier alpha value is -2.94. The molecule has 12 nitrogen and oxygen atoms in total. The van der Waals surface area contributed by atoms with Crippen molar-refractivity contribution in [2.45, 2.75) is 135 Å². The minimum Gasteiger partial charge on any atom is -0.455 e. The molecule has 1 heterocycles. The summed E-state index contributed by atoms with van der Waals surface area (Å²) < 4.78 is 31.6. The van der Waals surface area contributed by atoms with E-state index < -0.39 is 96.6 Å². The van der Waals surface area contributed by atoms with E-state index >= 15 is 4.79 Å². The minimum absolute atomic E-state index is 0.0793. The molecule has 1 saturated heterocycles. The van der Waals surface area contributed by atoms with E-state index in [-0.39, 0.29) is 29.7 Å². The van der Waals surface area contributed by atoms with Crippen LogP contribution in [0.1, 0.15) is 79.1 Å². The average molecular weight is 717 g/mol. The summed E-state index contributed by atoms with van der Waals surface area (Å²) in [5.41, 5.74) is -7.34. The number of benzene rings is 1. The maximum atomic E-state index is 15.7. The van der Waals surface area contributed by atoms with Crippen molar-refractivity contribution in [3.8, 4) is 0 Å². The Labute approximate surface area is 294 Å². The Kier molecular flexibility index (Phi) is 10.1. The van der Waals surface area contributed by atoms with Gasteiger partial charge in [-0.05, 0) is 55.3 Å². The van der Waals surface area contributed by atoms with Crippen molar-refractivity contribution in [3.05, 3.63) is 47.0 Å². The molecule has 1 aromatic rings. The number of esters is 3. The summed E-state index contributed by atoms with van der Waals surface area (Å²) in [5, 5.41) is 36.9. The molecule has 276 valence electrons.